The maximum Gasteiger partial charge on any atom is 0.416 e. The first kappa shape index (κ1) is 16.2. The van der Waals surface area contributed by atoms with Crippen molar-refractivity contribution in [1.29, 1.82) is 0 Å². The van der Waals surface area contributed by atoms with Gasteiger partial charge in [-0.15, -0.1) is 0 Å². The van der Waals surface area contributed by atoms with E-state index in [1.165, 1.54) is 0 Å². The van der Waals surface area contributed by atoms with Crippen LogP contribution in [0.2, 0.25) is 0 Å². The molecular formula is C12H15F3N2O3S. The predicted octanol–water partition coefficient (Wildman–Crippen LogP) is 0.972. The van der Waals surface area contributed by atoms with Crippen molar-refractivity contribution in [3.8, 4) is 0 Å². The van der Waals surface area contributed by atoms with Crippen molar-refractivity contribution < 1.29 is 26.3 Å². The van der Waals surface area contributed by atoms with Crippen LogP contribution in [0.15, 0.2) is 29.2 Å². The van der Waals surface area contributed by atoms with Gasteiger partial charge in [-0.1, -0.05) is 6.07 Å². The number of hydrogen-bond acceptors (Lipinski definition) is 4. The van der Waals surface area contributed by atoms with Gasteiger partial charge in [0.25, 0.3) is 0 Å². The summed E-state index contributed by atoms with van der Waals surface area (Å²) >= 11 is 0. The molecule has 1 unspecified atom stereocenters. The van der Waals surface area contributed by atoms with Gasteiger partial charge in [-0.05, 0) is 18.2 Å². The number of halogens is 3. The Labute approximate surface area is 120 Å². The van der Waals surface area contributed by atoms with E-state index in [0.29, 0.717) is 25.8 Å². The minimum Gasteiger partial charge on any atom is -0.374 e. The second-order valence-corrected chi connectivity index (χ2v) is 6.34. The number of sulfonamides is 1. The van der Waals surface area contributed by atoms with Gasteiger partial charge in [0.2, 0.25) is 10.0 Å². The number of nitrogens with one attached hydrogen (secondary N) is 2. The summed E-state index contributed by atoms with van der Waals surface area (Å²) in [5.74, 6) is 0. The lowest BCUT2D eigenvalue weighted by atomic mass is 10.2. The molecule has 2 N–H and O–H groups in total. The molecule has 1 aliphatic heterocycles. The smallest absolute Gasteiger partial charge is 0.374 e. The molecule has 1 aliphatic rings. The van der Waals surface area contributed by atoms with E-state index in [4.69, 9.17) is 4.74 Å². The highest BCUT2D eigenvalue weighted by atomic mass is 32.2. The second-order valence-electron chi connectivity index (χ2n) is 4.57. The number of hydrogen-bond donors (Lipinski definition) is 2. The third-order valence-corrected chi connectivity index (χ3v) is 4.40. The maximum absolute atomic E-state index is 12.6. The van der Waals surface area contributed by atoms with Crippen LogP contribution in [0.1, 0.15) is 5.56 Å². The molecule has 1 heterocycles. The van der Waals surface area contributed by atoms with Crippen LogP contribution >= 0.6 is 0 Å². The van der Waals surface area contributed by atoms with Gasteiger partial charge in [0.1, 0.15) is 0 Å². The zero-order valence-corrected chi connectivity index (χ0v) is 11.8. The van der Waals surface area contributed by atoms with Crippen molar-refractivity contribution in [2.24, 2.45) is 0 Å². The molecule has 0 spiro atoms. The Hall–Kier alpha value is -1.16. The molecule has 9 heteroatoms. The lowest BCUT2D eigenvalue weighted by Gasteiger charge is -2.23. The molecular weight excluding hydrogens is 309 g/mol. The van der Waals surface area contributed by atoms with Crippen molar-refractivity contribution in [3.63, 3.8) is 0 Å². The number of alkyl halides is 3. The monoisotopic (exact) mass is 324 g/mol. The Morgan fingerprint density at radius 2 is 2.14 bits per heavy atom. The second kappa shape index (κ2) is 6.30. The number of morpholine rings is 1. The summed E-state index contributed by atoms with van der Waals surface area (Å²) in [6, 6.07) is 3.63. The highest BCUT2D eigenvalue weighted by molar-refractivity contribution is 7.89. The average molecular weight is 324 g/mol. The first-order valence-corrected chi connectivity index (χ1v) is 7.76. The van der Waals surface area contributed by atoms with Gasteiger partial charge in [0.05, 0.1) is 23.2 Å². The summed E-state index contributed by atoms with van der Waals surface area (Å²) < 4.78 is 69.3. The number of rotatable bonds is 4. The number of ether oxygens (including phenoxy) is 1. The first-order chi connectivity index (χ1) is 9.79. The van der Waals surface area contributed by atoms with Crippen molar-refractivity contribution in [2.75, 3.05) is 26.2 Å². The van der Waals surface area contributed by atoms with E-state index in [1.54, 1.807) is 0 Å². The molecule has 118 valence electrons. The molecule has 0 bridgehead atoms. The summed E-state index contributed by atoms with van der Waals surface area (Å²) in [4.78, 5) is -0.416. The minimum absolute atomic E-state index is 0.00553. The molecule has 0 aliphatic carbocycles. The quantitative estimate of drug-likeness (QED) is 0.866. The molecule has 1 aromatic rings. The summed E-state index contributed by atoms with van der Waals surface area (Å²) in [6.07, 6.45) is -4.92. The molecule has 1 fully saturated rings. The molecule has 1 aromatic carbocycles. The van der Waals surface area contributed by atoms with E-state index in [0.717, 1.165) is 18.2 Å². The number of benzene rings is 1. The van der Waals surface area contributed by atoms with Crippen molar-refractivity contribution in [3.05, 3.63) is 29.8 Å². The van der Waals surface area contributed by atoms with Gasteiger partial charge >= 0.3 is 6.18 Å². The van der Waals surface area contributed by atoms with Gasteiger partial charge in [-0.2, -0.15) is 13.2 Å². The molecule has 2 rings (SSSR count). The minimum atomic E-state index is -4.58. The van der Waals surface area contributed by atoms with Crippen molar-refractivity contribution in [1.82, 2.24) is 10.0 Å². The van der Waals surface area contributed by atoms with E-state index in [1.807, 2.05) is 0 Å². The SMILES string of the molecule is O=S(=O)(NCC1CNCCO1)c1cccc(C(F)(F)F)c1. The zero-order valence-electron chi connectivity index (χ0n) is 11.0. The molecule has 21 heavy (non-hydrogen) atoms. The summed E-state index contributed by atoms with van der Waals surface area (Å²) in [6.45, 7) is 1.66. The van der Waals surface area contributed by atoms with Gasteiger partial charge in [-0.3, -0.25) is 0 Å². The van der Waals surface area contributed by atoms with Crippen LogP contribution in [0, 0.1) is 0 Å². The Kier molecular flexibility index (Phi) is 4.87. The standard InChI is InChI=1S/C12H15F3N2O3S/c13-12(14,15)9-2-1-3-11(6-9)21(18,19)17-8-10-7-16-4-5-20-10/h1-3,6,10,16-17H,4-5,7-8H2. The van der Waals surface area contributed by atoms with Crippen LogP contribution in [0.25, 0.3) is 0 Å². The van der Waals surface area contributed by atoms with E-state index in [9.17, 15) is 21.6 Å². The van der Waals surface area contributed by atoms with Crippen molar-refractivity contribution >= 4 is 10.0 Å². The van der Waals surface area contributed by atoms with Crippen molar-refractivity contribution in [2.45, 2.75) is 17.2 Å². The molecule has 1 saturated heterocycles. The topological polar surface area (TPSA) is 67.4 Å². The third-order valence-electron chi connectivity index (χ3n) is 2.98. The van der Waals surface area contributed by atoms with Gasteiger partial charge < -0.3 is 10.1 Å². The highest BCUT2D eigenvalue weighted by Crippen LogP contribution is 2.30. The summed E-state index contributed by atoms with van der Waals surface area (Å²) in [5.41, 5.74) is -0.999. The van der Waals surface area contributed by atoms with E-state index >= 15 is 0 Å². The Bertz CT molecular complexity index is 584. The largest absolute Gasteiger partial charge is 0.416 e. The fourth-order valence-corrected chi connectivity index (χ4v) is 2.99. The Morgan fingerprint density at radius 1 is 1.38 bits per heavy atom. The molecule has 0 saturated carbocycles. The predicted molar refractivity (Wildman–Crippen MR) is 69.2 cm³/mol. The molecule has 0 radical (unpaired) electrons. The molecule has 5 nitrogen and oxygen atoms in total. The Balaban J connectivity index is 2.08. The molecule has 1 atom stereocenters. The summed E-state index contributed by atoms with van der Waals surface area (Å²) in [5, 5.41) is 3.03. The van der Waals surface area contributed by atoms with E-state index < -0.39 is 26.7 Å². The van der Waals surface area contributed by atoms with E-state index in [-0.39, 0.29) is 12.6 Å². The normalized spacial score (nSPS) is 20.4. The lowest BCUT2D eigenvalue weighted by molar-refractivity contribution is -0.137. The molecule has 0 amide bonds. The maximum atomic E-state index is 12.6. The van der Waals surface area contributed by atoms with Crippen LogP contribution in [0.5, 0.6) is 0 Å². The zero-order chi connectivity index (χ0) is 15.5. The fraction of sp³-hybridized carbons (Fsp3) is 0.500. The van der Waals surface area contributed by atoms with Crippen LogP contribution in [0.3, 0.4) is 0 Å². The summed E-state index contributed by atoms with van der Waals surface area (Å²) in [7, 11) is -4.00. The van der Waals surface area contributed by atoms with Crippen LogP contribution < -0.4 is 10.0 Å². The van der Waals surface area contributed by atoms with Gasteiger partial charge in [-0.25, -0.2) is 13.1 Å². The fourth-order valence-electron chi connectivity index (χ4n) is 1.88. The Morgan fingerprint density at radius 3 is 2.76 bits per heavy atom. The molecule has 0 aromatic heterocycles. The van der Waals surface area contributed by atoms with Crippen LogP contribution in [-0.2, 0) is 20.9 Å². The lowest BCUT2D eigenvalue weighted by Crippen LogP contribution is -2.45. The first-order valence-electron chi connectivity index (χ1n) is 6.28. The third kappa shape index (κ3) is 4.40. The van der Waals surface area contributed by atoms with Crippen LogP contribution in [-0.4, -0.2) is 40.8 Å². The van der Waals surface area contributed by atoms with Gasteiger partial charge in [0.15, 0.2) is 0 Å². The highest BCUT2D eigenvalue weighted by Gasteiger charge is 2.31. The van der Waals surface area contributed by atoms with E-state index in [2.05, 4.69) is 10.0 Å². The average Bonchev–Trinajstić information content (AvgIpc) is 2.46. The van der Waals surface area contributed by atoms with Gasteiger partial charge in [0, 0.05) is 19.6 Å². The van der Waals surface area contributed by atoms with Crippen LogP contribution in [0.4, 0.5) is 13.2 Å².